The van der Waals surface area contributed by atoms with Crippen molar-refractivity contribution in [2.45, 2.75) is 27.2 Å². The van der Waals surface area contributed by atoms with Crippen molar-refractivity contribution in [1.29, 1.82) is 0 Å². The summed E-state index contributed by atoms with van der Waals surface area (Å²) in [6.07, 6.45) is 1.43. The lowest BCUT2D eigenvalue weighted by Crippen LogP contribution is -2.27. The van der Waals surface area contributed by atoms with E-state index in [9.17, 15) is 13.2 Å². The van der Waals surface area contributed by atoms with Gasteiger partial charge in [0.25, 0.3) is 0 Å². The molecule has 0 saturated carbocycles. The van der Waals surface area contributed by atoms with Crippen LogP contribution in [0.2, 0.25) is 0 Å². The fourth-order valence-electron chi connectivity index (χ4n) is 1.32. The van der Waals surface area contributed by atoms with Gasteiger partial charge in [-0.2, -0.15) is 0 Å². The summed E-state index contributed by atoms with van der Waals surface area (Å²) in [5, 5.41) is 8.84. The molecule has 1 atom stereocenters. The highest BCUT2D eigenvalue weighted by Gasteiger charge is 2.27. The molecule has 1 N–H and O–H groups in total. The number of hydrogen-bond acceptors (Lipinski definition) is 3. The Kier molecular flexibility index (Phi) is 4.12. The van der Waals surface area contributed by atoms with Crippen molar-refractivity contribution < 1.29 is 18.3 Å². The van der Waals surface area contributed by atoms with Crippen LogP contribution >= 0.6 is 0 Å². The number of aliphatic carboxylic acids is 1. The molecular weight excluding hydrogens is 204 g/mol. The number of carboxylic acid groups (broad SMARTS) is 1. The first kappa shape index (κ1) is 13.4. The van der Waals surface area contributed by atoms with Gasteiger partial charge in [0.15, 0.2) is 0 Å². The molecule has 14 heavy (non-hydrogen) atoms. The van der Waals surface area contributed by atoms with E-state index in [0.717, 1.165) is 6.26 Å². The quantitative estimate of drug-likeness (QED) is 0.775. The van der Waals surface area contributed by atoms with Crippen LogP contribution in [0.4, 0.5) is 0 Å². The smallest absolute Gasteiger partial charge is 0.307 e. The Morgan fingerprint density at radius 2 is 1.79 bits per heavy atom. The lowest BCUT2D eigenvalue weighted by atomic mass is 9.85. The molecule has 0 aromatic heterocycles. The Bertz CT molecular complexity index is 297. The van der Waals surface area contributed by atoms with E-state index in [2.05, 4.69) is 0 Å². The summed E-state index contributed by atoms with van der Waals surface area (Å²) in [5.41, 5.74) is -0.173. The first-order valence-corrected chi connectivity index (χ1v) is 6.48. The molecule has 0 aromatic rings. The summed E-state index contributed by atoms with van der Waals surface area (Å²) in [7, 11) is -3.22. The van der Waals surface area contributed by atoms with Crippen LogP contribution in [0.25, 0.3) is 0 Å². The first-order valence-electron chi connectivity index (χ1n) is 4.42. The number of hydrogen-bond donors (Lipinski definition) is 1. The highest BCUT2D eigenvalue weighted by Crippen LogP contribution is 2.25. The van der Waals surface area contributed by atoms with E-state index in [-0.39, 0.29) is 11.2 Å². The minimum Gasteiger partial charge on any atom is -0.481 e. The van der Waals surface area contributed by atoms with Crippen LogP contribution in [-0.4, -0.2) is 31.5 Å². The SMILES string of the molecule is CC(C)(C)CC(CS(C)(=O)=O)C(=O)O. The van der Waals surface area contributed by atoms with E-state index >= 15 is 0 Å². The predicted octanol–water partition coefficient (Wildman–Crippen LogP) is 1.17. The standard InChI is InChI=1S/C9H18O4S/c1-9(2,3)5-7(8(10)11)6-14(4,12)13/h7H,5-6H2,1-4H3,(H,10,11). The molecule has 0 spiro atoms. The second-order valence-corrected chi connectivity index (χ2v) is 7.08. The second kappa shape index (κ2) is 4.29. The van der Waals surface area contributed by atoms with Gasteiger partial charge in [-0.1, -0.05) is 20.8 Å². The summed E-state index contributed by atoms with van der Waals surface area (Å²) in [4.78, 5) is 10.8. The number of rotatable bonds is 4. The minimum absolute atomic E-state index is 0.173. The zero-order chi connectivity index (χ0) is 11.6. The lowest BCUT2D eigenvalue weighted by Gasteiger charge is -2.22. The van der Waals surface area contributed by atoms with Crippen LogP contribution in [0.15, 0.2) is 0 Å². The highest BCUT2D eigenvalue weighted by atomic mass is 32.2. The highest BCUT2D eigenvalue weighted by molar-refractivity contribution is 7.90. The third kappa shape index (κ3) is 6.88. The Balaban J connectivity index is 4.56. The largest absolute Gasteiger partial charge is 0.481 e. The van der Waals surface area contributed by atoms with Gasteiger partial charge in [0.1, 0.15) is 9.84 Å². The Labute approximate surface area is 85.2 Å². The van der Waals surface area contributed by atoms with Crippen LogP contribution in [0.3, 0.4) is 0 Å². The molecule has 4 nitrogen and oxygen atoms in total. The Morgan fingerprint density at radius 1 is 1.36 bits per heavy atom. The zero-order valence-electron chi connectivity index (χ0n) is 9.07. The molecular formula is C9H18O4S. The van der Waals surface area contributed by atoms with Crippen molar-refractivity contribution in [3.63, 3.8) is 0 Å². The van der Waals surface area contributed by atoms with Gasteiger partial charge in [0, 0.05) is 6.26 Å². The molecule has 0 bridgehead atoms. The summed E-state index contributed by atoms with van der Waals surface area (Å²) < 4.78 is 21.9. The third-order valence-corrected chi connectivity index (χ3v) is 2.72. The maximum atomic E-state index is 11.0. The van der Waals surface area contributed by atoms with Crippen LogP contribution in [-0.2, 0) is 14.6 Å². The predicted molar refractivity (Wildman–Crippen MR) is 54.9 cm³/mol. The molecule has 0 aromatic carbocycles. The number of sulfone groups is 1. The average molecular weight is 222 g/mol. The molecule has 0 aliphatic heterocycles. The zero-order valence-corrected chi connectivity index (χ0v) is 9.89. The summed E-state index contributed by atoms with van der Waals surface area (Å²) in [6, 6.07) is 0. The van der Waals surface area contributed by atoms with Gasteiger partial charge < -0.3 is 5.11 Å². The molecule has 5 heteroatoms. The van der Waals surface area contributed by atoms with Crippen molar-refractivity contribution in [2.24, 2.45) is 11.3 Å². The molecule has 84 valence electrons. The fraction of sp³-hybridized carbons (Fsp3) is 0.889. The number of carboxylic acids is 1. The van der Waals surface area contributed by atoms with E-state index in [1.54, 1.807) is 0 Å². The topological polar surface area (TPSA) is 71.4 Å². The lowest BCUT2D eigenvalue weighted by molar-refractivity contribution is -0.141. The second-order valence-electron chi connectivity index (χ2n) is 4.89. The Hall–Kier alpha value is -0.580. The van der Waals surface area contributed by atoms with Gasteiger partial charge in [-0.25, -0.2) is 8.42 Å². The monoisotopic (exact) mass is 222 g/mol. The van der Waals surface area contributed by atoms with E-state index in [1.165, 1.54) is 0 Å². The van der Waals surface area contributed by atoms with Crippen molar-refractivity contribution in [1.82, 2.24) is 0 Å². The molecule has 0 heterocycles. The third-order valence-electron chi connectivity index (χ3n) is 1.71. The van der Waals surface area contributed by atoms with Gasteiger partial charge in [0.2, 0.25) is 0 Å². The van der Waals surface area contributed by atoms with Crippen LogP contribution in [0.5, 0.6) is 0 Å². The van der Waals surface area contributed by atoms with Crippen LogP contribution in [0, 0.1) is 11.3 Å². The average Bonchev–Trinajstić information content (AvgIpc) is 1.78. The van der Waals surface area contributed by atoms with Gasteiger partial charge in [-0.15, -0.1) is 0 Å². The van der Waals surface area contributed by atoms with Gasteiger partial charge in [-0.3, -0.25) is 4.79 Å². The maximum absolute atomic E-state index is 11.0. The van der Waals surface area contributed by atoms with Crippen molar-refractivity contribution in [3.8, 4) is 0 Å². The molecule has 0 saturated heterocycles. The minimum atomic E-state index is -3.22. The van der Waals surface area contributed by atoms with E-state index in [1.807, 2.05) is 20.8 Å². The number of carbonyl (C=O) groups is 1. The summed E-state index contributed by atoms with van der Waals surface area (Å²) in [5.74, 6) is -2.12. The Morgan fingerprint density at radius 3 is 2.00 bits per heavy atom. The normalized spacial score (nSPS) is 15.1. The molecule has 0 amide bonds. The maximum Gasteiger partial charge on any atom is 0.307 e. The molecule has 0 fully saturated rings. The van der Waals surface area contributed by atoms with Crippen molar-refractivity contribution in [3.05, 3.63) is 0 Å². The van der Waals surface area contributed by atoms with Crippen LogP contribution in [0.1, 0.15) is 27.2 Å². The molecule has 1 unspecified atom stereocenters. The van der Waals surface area contributed by atoms with Gasteiger partial charge in [0.05, 0.1) is 11.7 Å². The van der Waals surface area contributed by atoms with Gasteiger partial charge in [-0.05, 0) is 11.8 Å². The van der Waals surface area contributed by atoms with Crippen LogP contribution < -0.4 is 0 Å². The summed E-state index contributed by atoms with van der Waals surface area (Å²) >= 11 is 0. The van der Waals surface area contributed by atoms with Crippen molar-refractivity contribution >= 4 is 15.8 Å². The molecule has 0 radical (unpaired) electrons. The van der Waals surface area contributed by atoms with E-state index in [4.69, 9.17) is 5.11 Å². The fourth-order valence-corrected chi connectivity index (χ4v) is 2.31. The summed E-state index contributed by atoms with van der Waals surface area (Å²) in [6.45, 7) is 5.68. The molecule has 0 aliphatic carbocycles. The van der Waals surface area contributed by atoms with E-state index in [0.29, 0.717) is 6.42 Å². The van der Waals surface area contributed by atoms with Gasteiger partial charge >= 0.3 is 5.97 Å². The molecule has 0 rings (SSSR count). The first-order chi connectivity index (χ1) is 6.01. The van der Waals surface area contributed by atoms with Crippen molar-refractivity contribution in [2.75, 3.05) is 12.0 Å². The molecule has 0 aliphatic rings. The van der Waals surface area contributed by atoms with E-state index < -0.39 is 21.7 Å².